The molecule has 126 valence electrons. The first kappa shape index (κ1) is 15.7. The summed E-state index contributed by atoms with van der Waals surface area (Å²) in [6.07, 6.45) is 5.78. The summed E-state index contributed by atoms with van der Waals surface area (Å²) in [5.74, 6) is 0.102. The number of anilines is 2. The van der Waals surface area contributed by atoms with E-state index in [2.05, 4.69) is 10.6 Å². The van der Waals surface area contributed by atoms with Gasteiger partial charge in [-0.25, -0.2) is 0 Å². The van der Waals surface area contributed by atoms with Gasteiger partial charge in [0, 0.05) is 29.7 Å². The average molecular weight is 351 g/mol. The van der Waals surface area contributed by atoms with Crippen LogP contribution in [0.1, 0.15) is 22.5 Å². The lowest BCUT2D eigenvalue weighted by atomic mass is 10.2. The molecular weight excluding hydrogens is 334 g/mol. The number of amides is 2. The van der Waals surface area contributed by atoms with Crippen LogP contribution in [0.4, 0.5) is 11.4 Å². The zero-order valence-corrected chi connectivity index (χ0v) is 14.3. The fraction of sp³-hybridized carbons (Fsp3) is 0.158. The number of hydrogen-bond donors (Lipinski definition) is 2. The molecule has 0 radical (unpaired) electrons. The zero-order chi connectivity index (χ0) is 17.2. The monoisotopic (exact) mass is 351 g/mol. The van der Waals surface area contributed by atoms with E-state index < -0.39 is 0 Å². The minimum Gasteiger partial charge on any atom is -0.326 e. The Kier molecular flexibility index (Phi) is 4.11. The third kappa shape index (κ3) is 3.49. The Hall–Kier alpha value is -2.86. The van der Waals surface area contributed by atoms with Gasteiger partial charge in [0.15, 0.2) is 0 Å². The van der Waals surface area contributed by atoms with Crippen LogP contribution in [0.3, 0.4) is 0 Å². The third-order valence-electron chi connectivity index (χ3n) is 4.09. The van der Waals surface area contributed by atoms with E-state index >= 15 is 0 Å². The highest BCUT2D eigenvalue weighted by Crippen LogP contribution is 2.30. The Morgan fingerprint density at radius 3 is 2.24 bits per heavy atom. The topological polar surface area (TPSA) is 63.1 Å². The van der Waals surface area contributed by atoms with Gasteiger partial charge in [-0.15, -0.1) is 11.3 Å². The summed E-state index contributed by atoms with van der Waals surface area (Å²) in [7, 11) is 0. The fourth-order valence-electron chi connectivity index (χ4n) is 2.59. The first-order valence-corrected chi connectivity index (χ1v) is 9.02. The normalized spacial score (nSPS) is 13.4. The largest absolute Gasteiger partial charge is 0.326 e. The molecule has 2 amide bonds. The predicted molar refractivity (Wildman–Crippen MR) is 99.4 cm³/mol. The van der Waals surface area contributed by atoms with Crippen LogP contribution in [-0.4, -0.2) is 16.4 Å². The second kappa shape index (κ2) is 6.57. The van der Waals surface area contributed by atoms with Crippen LogP contribution in [0, 0.1) is 5.92 Å². The van der Waals surface area contributed by atoms with E-state index in [9.17, 15) is 9.59 Å². The number of benzene rings is 1. The SMILES string of the molecule is O=C(Nc1ccc(NC(=O)C2CC2)cc1)c1sccc1-n1cccc1. The molecule has 2 aromatic heterocycles. The number of thiophene rings is 1. The lowest BCUT2D eigenvalue weighted by Gasteiger charge is -2.08. The van der Waals surface area contributed by atoms with Crippen LogP contribution >= 0.6 is 11.3 Å². The molecule has 0 bridgehead atoms. The molecule has 4 rings (SSSR count). The minimum absolute atomic E-state index is 0.0757. The first-order valence-electron chi connectivity index (χ1n) is 8.14. The van der Waals surface area contributed by atoms with Crippen molar-refractivity contribution in [2.24, 2.45) is 5.92 Å². The van der Waals surface area contributed by atoms with Gasteiger partial charge in [-0.2, -0.15) is 0 Å². The van der Waals surface area contributed by atoms with Gasteiger partial charge in [0.1, 0.15) is 4.88 Å². The first-order chi connectivity index (χ1) is 12.2. The maximum Gasteiger partial charge on any atom is 0.267 e. The van der Waals surface area contributed by atoms with E-state index in [4.69, 9.17) is 0 Å². The van der Waals surface area contributed by atoms with Crippen LogP contribution in [0.15, 0.2) is 60.2 Å². The number of hydrogen-bond acceptors (Lipinski definition) is 3. The van der Waals surface area contributed by atoms with Crippen molar-refractivity contribution in [1.82, 2.24) is 4.57 Å². The van der Waals surface area contributed by atoms with E-state index in [1.54, 1.807) is 24.3 Å². The lowest BCUT2D eigenvalue weighted by molar-refractivity contribution is -0.117. The zero-order valence-electron chi connectivity index (χ0n) is 13.4. The Morgan fingerprint density at radius 1 is 0.960 bits per heavy atom. The smallest absolute Gasteiger partial charge is 0.267 e. The Morgan fingerprint density at radius 2 is 1.60 bits per heavy atom. The maximum atomic E-state index is 12.6. The molecule has 1 aliphatic rings. The fourth-order valence-corrected chi connectivity index (χ4v) is 3.37. The van der Waals surface area contributed by atoms with Crippen molar-refractivity contribution in [2.75, 3.05) is 10.6 Å². The standard InChI is InChI=1S/C19H17N3O2S/c23-18(13-3-4-13)20-14-5-7-15(8-6-14)21-19(24)17-16(9-12-25-17)22-10-1-2-11-22/h1-2,5-13H,3-4H2,(H,20,23)(H,21,24). The molecule has 3 aromatic rings. The predicted octanol–water partition coefficient (Wildman–Crippen LogP) is 4.14. The van der Waals surface area contributed by atoms with Crippen molar-refractivity contribution in [3.63, 3.8) is 0 Å². The summed E-state index contributed by atoms with van der Waals surface area (Å²) >= 11 is 1.41. The number of rotatable bonds is 5. The van der Waals surface area contributed by atoms with Crippen LogP contribution in [-0.2, 0) is 4.79 Å². The molecule has 0 spiro atoms. The van der Waals surface area contributed by atoms with Crippen molar-refractivity contribution in [1.29, 1.82) is 0 Å². The Labute approximate surface area is 149 Å². The Balaban J connectivity index is 1.44. The highest BCUT2D eigenvalue weighted by atomic mass is 32.1. The number of carbonyl (C=O) groups excluding carboxylic acids is 2. The van der Waals surface area contributed by atoms with Gasteiger partial charge in [0.2, 0.25) is 5.91 Å². The molecule has 25 heavy (non-hydrogen) atoms. The molecule has 6 heteroatoms. The van der Waals surface area contributed by atoms with Crippen molar-refractivity contribution >= 4 is 34.5 Å². The van der Waals surface area contributed by atoms with Crippen LogP contribution in [0.2, 0.25) is 0 Å². The van der Waals surface area contributed by atoms with E-state index in [0.29, 0.717) is 10.6 Å². The molecule has 2 heterocycles. The molecule has 2 N–H and O–H groups in total. The number of aromatic nitrogens is 1. The summed E-state index contributed by atoms with van der Waals surface area (Å²) in [5.41, 5.74) is 2.31. The van der Waals surface area contributed by atoms with E-state index in [1.165, 1.54) is 11.3 Å². The molecule has 0 aliphatic heterocycles. The van der Waals surface area contributed by atoms with Crippen molar-refractivity contribution in [3.8, 4) is 5.69 Å². The summed E-state index contributed by atoms with van der Waals surface area (Å²) in [5, 5.41) is 7.70. The molecule has 0 atom stereocenters. The molecular formula is C19H17N3O2S. The van der Waals surface area contributed by atoms with Crippen molar-refractivity contribution < 1.29 is 9.59 Å². The van der Waals surface area contributed by atoms with Gasteiger partial charge in [-0.05, 0) is 60.7 Å². The average Bonchev–Trinajstić information content (AvgIpc) is 3.11. The van der Waals surface area contributed by atoms with Crippen molar-refractivity contribution in [3.05, 3.63) is 65.1 Å². The molecule has 1 aliphatic carbocycles. The lowest BCUT2D eigenvalue weighted by Crippen LogP contribution is -2.14. The van der Waals surface area contributed by atoms with Gasteiger partial charge in [-0.3, -0.25) is 9.59 Å². The highest BCUT2D eigenvalue weighted by molar-refractivity contribution is 7.12. The summed E-state index contributed by atoms with van der Waals surface area (Å²) in [6, 6.07) is 13.0. The highest BCUT2D eigenvalue weighted by Gasteiger charge is 2.29. The third-order valence-corrected chi connectivity index (χ3v) is 4.99. The van der Waals surface area contributed by atoms with Gasteiger partial charge in [0.25, 0.3) is 5.91 Å². The van der Waals surface area contributed by atoms with Gasteiger partial charge < -0.3 is 15.2 Å². The minimum atomic E-state index is -0.145. The second-order valence-corrected chi connectivity index (χ2v) is 6.94. The molecule has 5 nitrogen and oxygen atoms in total. The molecule has 0 unspecified atom stereocenters. The summed E-state index contributed by atoms with van der Waals surface area (Å²) in [6.45, 7) is 0. The molecule has 1 saturated carbocycles. The van der Waals surface area contributed by atoms with Gasteiger partial charge >= 0.3 is 0 Å². The molecule has 1 aromatic carbocycles. The maximum absolute atomic E-state index is 12.6. The van der Waals surface area contributed by atoms with Crippen LogP contribution < -0.4 is 10.6 Å². The van der Waals surface area contributed by atoms with Crippen molar-refractivity contribution in [2.45, 2.75) is 12.8 Å². The summed E-state index contributed by atoms with van der Waals surface area (Å²) < 4.78 is 1.92. The quantitative estimate of drug-likeness (QED) is 0.726. The van der Waals surface area contributed by atoms with E-state index in [1.807, 2.05) is 40.5 Å². The molecule has 1 fully saturated rings. The second-order valence-electron chi connectivity index (χ2n) is 6.02. The number of nitrogens with zero attached hydrogens (tertiary/aromatic N) is 1. The van der Waals surface area contributed by atoms with Crippen LogP contribution in [0.5, 0.6) is 0 Å². The molecule has 0 saturated heterocycles. The Bertz CT molecular complexity index is 893. The number of nitrogens with one attached hydrogen (secondary N) is 2. The van der Waals surface area contributed by atoms with E-state index in [0.717, 1.165) is 24.2 Å². The van der Waals surface area contributed by atoms with Gasteiger partial charge in [0.05, 0.1) is 5.69 Å². The number of carbonyl (C=O) groups is 2. The van der Waals surface area contributed by atoms with Crippen LogP contribution in [0.25, 0.3) is 5.69 Å². The van der Waals surface area contributed by atoms with Gasteiger partial charge in [-0.1, -0.05) is 0 Å². The van der Waals surface area contributed by atoms with E-state index in [-0.39, 0.29) is 17.7 Å². The summed E-state index contributed by atoms with van der Waals surface area (Å²) in [4.78, 5) is 25.0.